The lowest BCUT2D eigenvalue weighted by atomic mass is 10.2. The van der Waals surface area contributed by atoms with Crippen molar-refractivity contribution in [2.24, 2.45) is 0 Å². The van der Waals surface area contributed by atoms with Gasteiger partial charge in [0, 0.05) is 12.6 Å². The Balaban J connectivity index is 2.28. The van der Waals surface area contributed by atoms with E-state index in [0.29, 0.717) is 11.8 Å². The third-order valence-corrected chi connectivity index (χ3v) is 5.94. The number of amides is 1. The number of ether oxygens (including phenoxy) is 2. The van der Waals surface area contributed by atoms with Gasteiger partial charge in [0.15, 0.2) is 0 Å². The minimum atomic E-state index is -4.71. The number of benzene rings is 2. The molecule has 0 aliphatic carbocycles. The van der Waals surface area contributed by atoms with Crippen LogP contribution in [0.2, 0.25) is 0 Å². The Bertz CT molecular complexity index is 1060. The molecule has 1 amide bonds. The highest BCUT2D eigenvalue weighted by Crippen LogP contribution is 2.31. The van der Waals surface area contributed by atoms with Crippen LogP contribution in [0.5, 0.6) is 11.5 Å². The minimum absolute atomic E-state index is 0.267. The average Bonchev–Trinajstić information content (AvgIpc) is 2.73. The Morgan fingerprint density at radius 1 is 1.16 bits per heavy atom. The molecule has 2 aromatic carbocycles. The van der Waals surface area contributed by atoms with E-state index in [9.17, 15) is 26.4 Å². The molecule has 2 aromatic rings. The molecule has 0 aromatic heterocycles. The van der Waals surface area contributed by atoms with Crippen LogP contribution in [0.4, 0.5) is 18.9 Å². The highest BCUT2D eigenvalue weighted by Gasteiger charge is 2.33. The summed E-state index contributed by atoms with van der Waals surface area (Å²) in [6, 6.07) is 7.91. The first-order valence-electron chi connectivity index (χ1n) is 8.83. The zero-order chi connectivity index (χ0) is 23.2. The van der Waals surface area contributed by atoms with Crippen molar-refractivity contribution in [1.29, 1.82) is 0 Å². The molecular formula is C20H21F3N2O5S. The summed E-state index contributed by atoms with van der Waals surface area (Å²) in [4.78, 5) is 11.9. The van der Waals surface area contributed by atoms with Crippen LogP contribution in [0.15, 0.2) is 60.0 Å². The van der Waals surface area contributed by atoms with Crippen molar-refractivity contribution in [3.05, 3.63) is 60.7 Å². The summed E-state index contributed by atoms with van der Waals surface area (Å²) in [5.41, 5.74) is -0.845. The topological polar surface area (TPSA) is 84.9 Å². The number of anilines is 1. The Kier molecular flexibility index (Phi) is 7.69. The number of rotatable bonds is 9. The first kappa shape index (κ1) is 24.2. The highest BCUT2D eigenvalue weighted by molar-refractivity contribution is 7.89. The number of carbonyl (C=O) groups excluding carboxylic acids is 1. The first-order valence-corrected chi connectivity index (χ1v) is 10.3. The zero-order valence-corrected chi connectivity index (χ0v) is 17.6. The molecule has 7 nitrogen and oxygen atoms in total. The van der Waals surface area contributed by atoms with Gasteiger partial charge in [0.25, 0.3) is 0 Å². The van der Waals surface area contributed by atoms with Crippen LogP contribution >= 0.6 is 0 Å². The van der Waals surface area contributed by atoms with Gasteiger partial charge in [-0.2, -0.15) is 17.5 Å². The van der Waals surface area contributed by atoms with Crippen LogP contribution in [-0.2, 0) is 21.0 Å². The summed E-state index contributed by atoms with van der Waals surface area (Å²) < 4.78 is 75.7. The molecule has 31 heavy (non-hydrogen) atoms. The molecule has 1 N–H and O–H groups in total. The van der Waals surface area contributed by atoms with Crippen LogP contribution in [0.25, 0.3) is 0 Å². The van der Waals surface area contributed by atoms with Gasteiger partial charge in [-0.05, 0) is 30.3 Å². The summed E-state index contributed by atoms with van der Waals surface area (Å²) in [6.45, 7) is 2.51. The van der Waals surface area contributed by atoms with Crippen LogP contribution in [0, 0.1) is 0 Å². The van der Waals surface area contributed by atoms with Crippen molar-refractivity contribution in [2.45, 2.75) is 11.1 Å². The quantitative estimate of drug-likeness (QED) is 0.581. The summed E-state index contributed by atoms with van der Waals surface area (Å²) in [7, 11) is -1.57. The van der Waals surface area contributed by atoms with Crippen LogP contribution in [0.3, 0.4) is 0 Å². The molecule has 0 saturated heterocycles. The molecule has 0 unspecified atom stereocenters. The van der Waals surface area contributed by atoms with E-state index in [1.165, 1.54) is 32.4 Å². The maximum absolute atomic E-state index is 13.0. The molecule has 0 saturated carbocycles. The van der Waals surface area contributed by atoms with Gasteiger partial charge in [0.2, 0.25) is 15.9 Å². The van der Waals surface area contributed by atoms with Crippen molar-refractivity contribution < 1.29 is 35.9 Å². The van der Waals surface area contributed by atoms with Gasteiger partial charge in [0.05, 0.1) is 36.9 Å². The molecular weight excluding hydrogens is 437 g/mol. The molecule has 0 atom stereocenters. The van der Waals surface area contributed by atoms with Crippen molar-refractivity contribution in [1.82, 2.24) is 4.31 Å². The number of hydrogen-bond donors (Lipinski definition) is 1. The summed E-state index contributed by atoms with van der Waals surface area (Å²) in [6.07, 6.45) is -3.48. The van der Waals surface area contributed by atoms with Gasteiger partial charge in [-0.25, -0.2) is 8.42 Å². The van der Waals surface area contributed by atoms with Gasteiger partial charge in [-0.3, -0.25) is 4.79 Å². The lowest BCUT2D eigenvalue weighted by Crippen LogP contribution is -2.38. The Labute approximate surface area is 178 Å². The second kappa shape index (κ2) is 9.84. The summed E-state index contributed by atoms with van der Waals surface area (Å²) in [5, 5.41) is 2.52. The molecule has 0 bridgehead atoms. The largest absolute Gasteiger partial charge is 0.497 e. The predicted octanol–water partition coefficient (Wildman–Crippen LogP) is 3.54. The number of carbonyl (C=O) groups is 1. The molecule has 0 spiro atoms. The fourth-order valence-electron chi connectivity index (χ4n) is 2.63. The zero-order valence-electron chi connectivity index (χ0n) is 16.8. The molecule has 168 valence electrons. The maximum Gasteiger partial charge on any atom is 0.416 e. The van der Waals surface area contributed by atoms with E-state index < -0.39 is 39.1 Å². The number of methoxy groups -OCH3 is 2. The van der Waals surface area contributed by atoms with Gasteiger partial charge in [0.1, 0.15) is 11.5 Å². The second-order valence-corrected chi connectivity index (χ2v) is 8.16. The SMILES string of the molecule is C=CCN(CC(=O)Nc1ccc(OC)cc1OC)S(=O)(=O)c1cccc(C(F)(F)F)c1. The van der Waals surface area contributed by atoms with E-state index in [0.717, 1.165) is 22.5 Å². The molecule has 2 rings (SSSR count). The minimum Gasteiger partial charge on any atom is -0.497 e. The van der Waals surface area contributed by atoms with E-state index >= 15 is 0 Å². The molecule has 0 aliphatic heterocycles. The Morgan fingerprint density at radius 2 is 1.87 bits per heavy atom. The Hall–Kier alpha value is -3.05. The van der Waals surface area contributed by atoms with Crippen LogP contribution in [0.1, 0.15) is 5.56 Å². The molecule has 11 heteroatoms. The standard InChI is InChI=1S/C20H21F3N2O5S/c1-4-10-25(31(27,28)16-7-5-6-14(11-16)20(21,22)23)13-19(26)24-17-9-8-15(29-2)12-18(17)30-3/h4-9,11-12H,1,10,13H2,2-3H3,(H,24,26). The van der Waals surface area contributed by atoms with E-state index in [1.807, 2.05) is 0 Å². The van der Waals surface area contributed by atoms with E-state index in [-0.39, 0.29) is 18.0 Å². The van der Waals surface area contributed by atoms with E-state index in [1.54, 1.807) is 6.07 Å². The van der Waals surface area contributed by atoms with Crippen molar-refractivity contribution in [3.63, 3.8) is 0 Å². The summed E-state index contributed by atoms with van der Waals surface area (Å²) in [5.74, 6) is 0.0415. The number of sulfonamides is 1. The second-order valence-electron chi connectivity index (χ2n) is 6.23. The van der Waals surface area contributed by atoms with Crippen LogP contribution in [-0.4, -0.2) is 45.9 Å². The lowest BCUT2D eigenvalue weighted by Gasteiger charge is -2.21. The van der Waals surface area contributed by atoms with Crippen molar-refractivity contribution in [2.75, 3.05) is 32.6 Å². The molecule has 0 aliphatic rings. The monoisotopic (exact) mass is 458 g/mol. The average molecular weight is 458 g/mol. The first-order chi connectivity index (χ1) is 14.5. The number of nitrogens with zero attached hydrogens (tertiary/aromatic N) is 1. The third-order valence-electron chi connectivity index (χ3n) is 4.13. The van der Waals surface area contributed by atoms with E-state index in [4.69, 9.17) is 9.47 Å². The normalized spacial score (nSPS) is 11.8. The van der Waals surface area contributed by atoms with Crippen molar-refractivity contribution in [3.8, 4) is 11.5 Å². The van der Waals surface area contributed by atoms with Gasteiger partial charge < -0.3 is 14.8 Å². The highest BCUT2D eigenvalue weighted by atomic mass is 32.2. The molecule has 0 radical (unpaired) electrons. The van der Waals surface area contributed by atoms with Gasteiger partial charge >= 0.3 is 6.18 Å². The molecule has 0 heterocycles. The maximum atomic E-state index is 13.0. The lowest BCUT2D eigenvalue weighted by molar-refractivity contribution is -0.137. The number of alkyl halides is 3. The summed E-state index contributed by atoms with van der Waals surface area (Å²) >= 11 is 0. The van der Waals surface area contributed by atoms with Gasteiger partial charge in [-0.15, -0.1) is 6.58 Å². The smallest absolute Gasteiger partial charge is 0.416 e. The fraction of sp³-hybridized carbons (Fsp3) is 0.250. The van der Waals surface area contributed by atoms with Crippen molar-refractivity contribution >= 4 is 21.6 Å². The van der Waals surface area contributed by atoms with Crippen LogP contribution < -0.4 is 14.8 Å². The number of nitrogens with one attached hydrogen (secondary N) is 1. The number of hydrogen-bond acceptors (Lipinski definition) is 5. The Morgan fingerprint density at radius 3 is 2.45 bits per heavy atom. The number of halogens is 3. The third kappa shape index (κ3) is 5.98. The van der Waals surface area contributed by atoms with Gasteiger partial charge in [-0.1, -0.05) is 12.1 Å². The predicted molar refractivity (Wildman–Crippen MR) is 109 cm³/mol. The molecule has 0 fully saturated rings. The fourth-order valence-corrected chi connectivity index (χ4v) is 4.04. The van der Waals surface area contributed by atoms with E-state index in [2.05, 4.69) is 11.9 Å².